The molecule has 18 nitrogen and oxygen atoms in total. The van der Waals surface area contributed by atoms with Crippen LogP contribution in [0.25, 0.3) is 0 Å². The number of nitrogens with zero attached hydrogens (tertiary/aromatic N) is 2. The summed E-state index contributed by atoms with van der Waals surface area (Å²) in [5.74, 6) is -2.00. The average Bonchev–Trinajstić information content (AvgIpc) is 3.39. The number of ketones is 3. The molecule has 9 N–H and O–H groups in total. The highest BCUT2D eigenvalue weighted by molar-refractivity contribution is 5.94. The number of unbranched alkanes of at least 4 members (excludes halogenated alkanes) is 2. The molecule has 2 saturated heterocycles. The second-order valence-electron chi connectivity index (χ2n) is 21.4. The standard InChI is InChI=1S/C27H46N2O6.C14H27NO3.C12H20N2O4.CH4/c1-2-3-9-21(25(33)23(31)18-20-10-5-6-11-22(20)30)19-24(32)27(12-7-4-8-13-27)28-26(34)29-14-16-35-17-15-29;1-2-3-7-11(15)14(18)13(17)9-10-6-4-5-8-12(10)16;15-10(16)12(4-2-1-3-5-12)13-11(17)14-6-8-18-9-7-14;/h20-22,25,30,33H,2-19H2,1H3,(H,28,34);10-12,14,16,18H,2-9,15H2,1H3;1-9H2,(H,13,17)(H,15,16);1H4/t20-,21-,22+,25+;10-,11+,12+,14+;;/m11../s1. The smallest absolute Gasteiger partial charge is 0.329 e. The number of amides is 4. The summed E-state index contributed by atoms with van der Waals surface area (Å²) < 4.78 is 10.5. The molecular formula is C54H97N5O13. The molecule has 0 aromatic rings. The molecular weight excluding hydrogens is 927 g/mol. The third-order valence-corrected chi connectivity index (χ3v) is 16.1. The maximum absolute atomic E-state index is 13.8. The van der Waals surface area contributed by atoms with Crippen molar-refractivity contribution in [1.29, 1.82) is 0 Å². The Balaban J connectivity index is 0.000000312. The number of Topliss-reactive ketones (excluding diaryl/α,β-unsaturated/α-hetero) is 3. The number of nitrogens with one attached hydrogen (secondary N) is 2. The van der Waals surface area contributed by atoms with Gasteiger partial charge in [-0.3, -0.25) is 14.4 Å². The van der Waals surface area contributed by atoms with Crippen LogP contribution in [0, 0.1) is 17.8 Å². The van der Waals surface area contributed by atoms with E-state index in [1.165, 1.54) is 0 Å². The van der Waals surface area contributed by atoms with Crippen molar-refractivity contribution in [1.82, 2.24) is 20.4 Å². The second kappa shape index (κ2) is 32.9. The summed E-state index contributed by atoms with van der Waals surface area (Å²) >= 11 is 0. The van der Waals surface area contributed by atoms with Crippen LogP contribution in [0.2, 0.25) is 0 Å². The summed E-state index contributed by atoms with van der Waals surface area (Å²) in [6.07, 6.45) is 17.3. The van der Waals surface area contributed by atoms with Crippen LogP contribution in [0.1, 0.15) is 195 Å². The predicted octanol–water partition coefficient (Wildman–Crippen LogP) is 6.19. The van der Waals surface area contributed by atoms with E-state index in [2.05, 4.69) is 24.5 Å². The molecule has 72 heavy (non-hydrogen) atoms. The van der Waals surface area contributed by atoms with E-state index < -0.39 is 47.3 Å². The van der Waals surface area contributed by atoms with Crippen molar-refractivity contribution in [3.63, 3.8) is 0 Å². The minimum atomic E-state index is -1.21. The van der Waals surface area contributed by atoms with Crippen molar-refractivity contribution >= 4 is 35.4 Å². The van der Waals surface area contributed by atoms with Gasteiger partial charge in [-0.15, -0.1) is 0 Å². The monoisotopic (exact) mass is 1020 g/mol. The maximum atomic E-state index is 13.8. The summed E-state index contributed by atoms with van der Waals surface area (Å²) in [6.45, 7) is 8.22. The van der Waals surface area contributed by atoms with Crippen LogP contribution in [0.15, 0.2) is 0 Å². The molecule has 6 aliphatic rings. The number of carbonyl (C=O) groups excluding carboxylic acids is 5. The topological polar surface area (TPSA) is 279 Å². The van der Waals surface area contributed by atoms with Crippen LogP contribution >= 0.6 is 0 Å². The van der Waals surface area contributed by atoms with E-state index in [0.717, 1.165) is 109 Å². The summed E-state index contributed by atoms with van der Waals surface area (Å²) in [5, 5.41) is 56.2. The van der Waals surface area contributed by atoms with Gasteiger partial charge in [-0.1, -0.05) is 111 Å². The van der Waals surface area contributed by atoms with Crippen molar-refractivity contribution in [3.05, 3.63) is 0 Å². The van der Waals surface area contributed by atoms with E-state index in [1.54, 1.807) is 9.80 Å². The Bertz CT molecular complexity index is 1630. The van der Waals surface area contributed by atoms with E-state index in [-0.39, 0.29) is 74.0 Å². The number of nitrogens with two attached hydrogens (primary N) is 1. The molecule has 2 heterocycles. The molecule has 0 aromatic carbocycles. The highest BCUT2D eigenvalue weighted by Crippen LogP contribution is 2.35. The van der Waals surface area contributed by atoms with Crippen molar-refractivity contribution in [2.75, 3.05) is 52.6 Å². The summed E-state index contributed by atoms with van der Waals surface area (Å²) in [7, 11) is 0. The maximum Gasteiger partial charge on any atom is 0.329 e. The molecule has 0 radical (unpaired) electrons. The third-order valence-electron chi connectivity index (χ3n) is 16.1. The van der Waals surface area contributed by atoms with Gasteiger partial charge in [-0.05, 0) is 82.0 Å². The van der Waals surface area contributed by atoms with Crippen LogP contribution in [0.4, 0.5) is 9.59 Å². The summed E-state index contributed by atoms with van der Waals surface area (Å²) in [4.78, 5) is 78.6. The van der Waals surface area contributed by atoms with Gasteiger partial charge >= 0.3 is 18.0 Å². The van der Waals surface area contributed by atoms with Crippen LogP contribution in [0.5, 0.6) is 0 Å². The van der Waals surface area contributed by atoms with Gasteiger partial charge in [0.1, 0.15) is 23.3 Å². The first-order chi connectivity index (χ1) is 34.1. The van der Waals surface area contributed by atoms with Crippen LogP contribution in [0.3, 0.4) is 0 Å². The first-order valence-electron chi connectivity index (χ1n) is 27.7. The lowest BCUT2D eigenvalue weighted by atomic mass is 9.74. The zero-order valence-electron chi connectivity index (χ0n) is 43.3. The molecule has 0 aromatic heterocycles. The van der Waals surface area contributed by atoms with Gasteiger partial charge in [0.25, 0.3) is 0 Å². The molecule has 4 saturated carbocycles. The highest BCUT2D eigenvalue weighted by Gasteiger charge is 2.44. The van der Waals surface area contributed by atoms with E-state index in [9.17, 15) is 54.3 Å². The molecule has 18 heteroatoms. The number of carboxylic acid groups (broad SMARTS) is 1. The Labute approximate surface area is 430 Å². The minimum Gasteiger partial charge on any atom is -0.480 e. The van der Waals surface area contributed by atoms with E-state index in [4.69, 9.17) is 15.2 Å². The second-order valence-corrected chi connectivity index (χ2v) is 21.4. The van der Waals surface area contributed by atoms with Crippen LogP contribution < -0.4 is 16.4 Å². The van der Waals surface area contributed by atoms with E-state index in [1.807, 2.05) is 0 Å². The first-order valence-corrected chi connectivity index (χ1v) is 27.7. The van der Waals surface area contributed by atoms with Gasteiger partial charge in [-0.2, -0.15) is 0 Å². The number of hydrogen-bond acceptors (Lipinski definition) is 13. The van der Waals surface area contributed by atoms with Gasteiger partial charge in [0.15, 0.2) is 17.3 Å². The number of aliphatic hydroxyl groups excluding tert-OH is 4. The highest BCUT2D eigenvalue weighted by atomic mass is 16.5. The Morgan fingerprint density at radius 3 is 1.43 bits per heavy atom. The molecule has 2 aliphatic heterocycles. The van der Waals surface area contributed by atoms with Gasteiger partial charge in [0.05, 0.1) is 38.6 Å². The van der Waals surface area contributed by atoms with Crippen molar-refractivity contribution in [2.24, 2.45) is 23.5 Å². The molecule has 0 bridgehead atoms. The van der Waals surface area contributed by atoms with E-state index >= 15 is 0 Å². The van der Waals surface area contributed by atoms with Crippen LogP contribution in [-0.4, -0.2) is 165 Å². The van der Waals surface area contributed by atoms with Crippen molar-refractivity contribution in [2.45, 2.75) is 236 Å². The molecule has 6 rings (SSSR count). The van der Waals surface area contributed by atoms with Gasteiger partial charge < -0.3 is 61.2 Å². The van der Waals surface area contributed by atoms with Crippen molar-refractivity contribution < 1.29 is 63.8 Å². The minimum absolute atomic E-state index is 0. The number of urea groups is 2. The largest absolute Gasteiger partial charge is 0.480 e. The van der Waals surface area contributed by atoms with Crippen molar-refractivity contribution in [3.8, 4) is 0 Å². The lowest BCUT2D eigenvalue weighted by Gasteiger charge is -2.40. The molecule has 4 aliphatic carbocycles. The van der Waals surface area contributed by atoms with Gasteiger partial charge in [0.2, 0.25) is 0 Å². The zero-order chi connectivity index (χ0) is 51.8. The molecule has 4 amide bonds. The summed E-state index contributed by atoms with van der Waals surface area (Å²) in [6, 6.07) is -0.961. The Hall–Kier alpha value is -3.26. The number of aliphatic carboxylic acids is 1. The number of morpholine rings is 2. The predicted molar refractivity (Wildman–Crippen MR) is 275 cm³/mol. The fourth-order valence-corrected chi connectivity index (χ4v) is 11.3. The number of rotatable bonds is 20. The molecule has 416 valence electrons. The SMILES string of the molecule is C.CCCC[C@H](CC(=O)C1(NC(=O)N2CCOCC2)CCCCC1)[C@H](O)C(=O)C[C@H]1CCCC[C@@H]1O.CCCC[C@H](N)[C@H](O)C(=O)C[C@H]1CCCC[C@@H]1O.O=C(NC1(C(=O)O)CCCCC1)N1CCOCC1. The summed E-state index contributed by atoms with van der Waals surface area (Å²) in [5.41, 5.74) is 3.82. The number of hydrogen-bond donors (Lipinski definition) is 8. The van der Waals surface area contributed by atoms with E-state index in [0.29, 0.717) is 97.6 Å². The fourth-order valence-electron chi connectivity index (χ4n) is 11.3. The number of aliphatic hydroxyl groups is 4. The normalized spacial score (nSPS) is 25.7. The molecule has 6 fully saturated rings. The van der Waals surface area contributed by atoms with Gasteiger partial charge in [0, 0.05) is 51.5 Å². The Morgan fingerprint density at radius 1 is 0.597 bits per heavy atom. The zero-order valence-corrected chi connectivity index (χ0v) is 43.3. The molecule has 0 spiro atoms. The molecule has 0 unspecified atom stereocenters. The number of carboxylic acids is 1. The lowest BCUT2D eigenvalue weighted by molar-refractivity contribution is -0.146. The fraction of sp³-hybridized carbons (Fsp3) is 0.889. The third kappa shape index (κ3) is 19.8. The van der Waals surface area contributed by atoms with Gasteiger partial charge in [-0.25, -0.2) is 14.4 Å². The Morgan fingerprint density at radius 2 is 1.00 bits per heavy atom. The Kier molecular flexibility index (Phi) is 28.8. The lowest BCUT2D eigenvalue weighted by Crippen LogP contribution is -2.60. The first kappa shape index (κ1) is 63.0. The number of carbonyl (C=O) groups is 6. The average molecular weight is 1020 g/mol. The quantitative estimate of drug-likeness (QED) is 0.0675. The van der Waals surface area contributed by atoms with Crippen LogP contribution in [-0.2, 0) is 28.7 Å². The number of ether oxygens (including phenoxy) is 2. The molecule has 8 atom stereocenters.